The summed E-state index contributed by atoms with van der Waals surface area (Å²) in [6, 6.07) is 3.92. The Hall–Kier alpha value is -1.58. The molecule has 1 unspecified atom stereocenters. The maximum Gasteiger partial charge on any atom is 0.338 e. The van der Waals surface area contributed by atoms with Gasteiger partial charge in [-0.2, -0.15) is 0 Å². The molecule has 17 heavy (non-hydrogen) atoms. The van der Waals surface area contributed by atoms with Crippen LogP contribution < -0.4 is 5.73 Å². The van der Waals surface area contributed by atoms with Crippen molar-refractivity contribution in [2.75, 3.05) is 5.73 Å². The molecule has 0 amide bonds. The highest BCUT2D eigenvalue weighted by Crippen LogP contribution is 2.15. The Morgan fingerprint density at radius 1 is 1.41 bits per heavy atom. The third-order valence-electron chi connectivity index (χ3n) is 2.35. The lowest BCUT2D eigenvalue weighted by Gasteiger charge is -2.15. The molecule has 1 aromatic carbocycles. The molecule has 3 nitrogen and oxygen atoms in total. The zero-order valence-electron chi connectivity index (χ0n) is 10.4. The van der Waals surface area contributed by atoms with Crippen LogP contribution >= 0.6 is 0 Å². The fourth-order valence-electron chi connectivity index (χ4n) is 1.62. The molecule has 1 aromatic rings. The molecule has 0 aliphatic rings. The average molecular weight is 239 g/mol. The number of carbonyl (C=O) groups is 1. The SMILES string of the molecule is CC(C)CC(C)OC(=O)c1ccc(N)c(F)c1. The molecule has 0 aliphatic carbocycles. The van der Waals surface area contributed by atoms with Gasteiger partial charge in [0.25, 0.3) is 0 Å². The van der Waals surface area contributed by atoms with Crippen molar-refractivity contribution >= 4 is 11.7 Å². The Labute approximate surface area is 101 Å². The predicted octanol–water partition coefficient (Wildman–Crippen LogP) is 3.00. The lowest BCUT2D eigenvalue weighted by molar-refractivity contribution is 0.0299. The van der Waals surface area contributed by atoms with Crippen LogP contribution in [0, 0.1) is 11.7 Å². The highest BCUT2D eigenvalue weighted by Gasteiger charge is 2.14. The van der Waals surface area contributed by atoms with Crippen LogP contribution in [0.2, 0.25) is 0 Å². The first-order chi connectivity index (χ1) is 7.90. The van der Waals surface area contributed by atoms with Crippen LogP contribution in [0.1, 0.15) is 37.6 Å². The van der Waals surface area contributed by atoms with Gasteiger partial charge in [-0.25, -0.2) is 9.18 Å². The smallest absolute Gasteiger partial charge is 0.338 e. The molecule has 0 radical (unpaired) electrons. The summed E-state index contributed by atoms with van der Waals surface area (Å²) < 4.78 is 18.3. The van der Waals surface area contributed by atoms with Crippen LogP contribution in [0.15, 0.2) is 18.2 Å². The Balaban J connectivity index is 2.66. The average Bonchev–Trinajstić information content (AvgIpc) is 2.20. The zero-order chi connectivity index (χ0) is 13.0. The van der Waals surface area contributed by atoms with Crippen LogP contribution in [-0.4, -0.2) is 12.1 Å². The highest BCUT2D eigenvalue weighted by molar-refractivity contribution is 5.89. The first-order valence-corrected chi connectivity index (χ1v) is 5.66. The van der Waals surface area contributed by atoms with E-state index in [1.807, 2.05) is 20.8 Å². The van der Waals surface area contributed by atoms with Gasteiger partial charge in [0.1, 0.15) is 5.82 Å². The number of halogens is 1. The van der Waals surface area contributed by atoms with Crippen molar-refractivity contribution in [3.63, 3.8) is 0 Å². The fourth-order valence-corrected chi connectivity index (χ4v) is 1.62. The molecule has 0 saturated heterocycles. The number of anilines is 1. The van der Waals surface area contributed by atoms with Crippen LogP contribution in [-0.2, 0) is 4.74 Å². The lowest BCUT2D eigenvalue weighted by atomic mass is 10.1. The second-order valence-electron chi connectivity index (χ2n) is 4.58. The fraction of sp³-hybridized carbons (Fsp3) is 0.462. The van der Waals surface area contributed by atoms with Crippen LogP contribution in [0.4, 0.5) is 10.1 Å². The molecule has 0 heterocycles. The quantitative estimate of drug-likeness (QED) is 0.649. The number of nitrogen functional groups attached to an aromatic ring is 1. The maximum atomic E-state index is 13.2. The van der Waals surface area contributed by atoms with Gasteiger partial charge in [-0.3, -0.25) is 0 Å². The van der Waals surface area contributed by atoms with Gasteiger partial charge in [0.05, 0.1) is 17.4 Å². The van der Waals surface area contributed by atoms with Gasteiger partial charge >= 0.3 is 5.97 Å². The van der Waals surface area contributed by atoms with Gasteiger partial charge in [0, 0.05) is 0 Å². The number of hydrogen-bond donors (Lipinski definition) is 1. The van der Waals surface area contributed by atoms with E-state index in [1.54, 1.807) is 0 Å². The molecule has 0 aliphatic heterocycles. The summed E-state index contributed by atoms with van der Waals surface area (Å²) >= 11 is 0. The highest BCUT2D eigenvalue weighted by atomic mass is 19.1. The Morgan fingerprint density at radius 2 is 2.06 bits per heavy atom. The van der Waals surface area contributed by atoms with Gasteiger partial charge in [-0.15, -0.1) is 0 Å². The standard InChI is InChI=1S/C13H18FNO2/c1-8(2)6-9(3)17-13(16)10-4-5-12(15)11(14)7-10/h4-5,7-9H,6,15H2,1-3H3. The second-order valence-corrected chi connectivity index (χ2v) is 4.58. The first kappa shape index (κ1) is 13.5. The number of benzene rings is 1. The normalized spacial score (nSPS) is 12.5. The van der Waals surface area contributed by atoms with Crippen molar-refractivity contribution in [2.24, 2.45) is 5.92 Å². The lowest BCUT2D eigenvalue weighted by Crippen LogP contribution is -2.17. The number of esters is 1. The number of hydrogen-bond acceptors (Lipinski definition) is 3. The molecule has 0 aromatic heterocycles. The summed E-state index contributed by atoms with van der Waals surface area (Å²) in [4.78, 5) is 11.7. The van der Waals surface area contributed by atoms with Gasteiger partial charge in [0.15, 0.2) is 0 Å². The van der Waals surface area contributed by atoms with E-state index < -0.39 is 11.8 Å². The molecule has 1 rings (SSSR count). The van der Waals surface area contributed by atoms with E-state index in [1.165, 1.54) is 12.1 Å². The molecular formula is C13H18FNO2. The Kier molecular flexibility index (Phi) is 4.49. The molecule has 0 spiro atoms. The molecule has 0 saturated carbocycles. The van der Waals surface area contributed by atoms with Crippen LogP contribution in [0.25, 0.3) is 0 Å². The van der Waals surface area contributed by atoms with Gasteiger partial charge in [-0.1, -0.05) is 13.8 Å². The molecule has 4 heteroatoms. The van der Waals surface area contributed by atoms with Crippen molar-refractivity contribution in [2.45, 2.75) is 33.3 Å². The van der Waals surface area contributed by atoms with Crippen molar-refractivity contribution in [1.82, 2.24) is 0 Å². The number of ether oxygens (including phenoxy) is 1. The van der Waals surface area contributed by atoms with Crippen molar-refractivity contribution in [3.05, 3.63) is 29.6 Å². The molecule has 0 fully saturated rings. The first-order valence-electron chi connectivity index (χ1n) is 5.66. The minimum absolute atomic E-state index is 0.0248. The summed E-state index contributed by atoms with van der Waals surface area (Å²) in [5, 5.41) is 0. The molecule has 0 bridgehead atoms. The monoisotopic (exact) mass is 239 g/mol. The summed E-state index contributed by atoms with van der Waals surface area (Å²) in [7, 11) is 0. The molecule has 2 N–H and O–H groups in total. The van der Waals surface area contributed by atoms with Crippen molar-refractivity contribution in [3.8, 4) is 0 Å². The largest absolute Gasteiger partial charge is 0.459 e. The molecular weight excluding hydrogens is 221 g/mol. The number of nitrogens with two attached hydrogens (primary N) is 1. The predicted molar refractivity (Wildman–Crippen MR) is 65.1 cm³/mol. The van der Waals surface area contributed by atoms with E-state index in [0.717, 1.165) is 12.5 Å². The Morgan fingerprint density at radius 3 is 2.59 bits per heavy atom. The van der Waals surface area contributed by atoms with Crippen molar-refractivity contribution in [1.29, 1.82) is 0 Å². The molecule has 94 valence electrons. The zero-order valence-corrected chi connectivity index (χ0v) is 10.4. The third kappa shape index (κ3) is 4.06. The van der Waals surface area contributed by atoms with Gasteiger partial charge < -0.3 is 10.5 Å². The van der Waals surface area contributed by atoms with Crippen LogP contribution in [0.5, 0.6) is 0 Å². The third-order valence-corrected chi connectivity index (χ3v) is 2.35. The van der Waals surface area contributed by atoms with E-state index in [4.69, 9.17) is 10.5 Å². The second kappa shape index (κ2) is 5.66. The topological polar surface area (TPSA) is 52.3 Å². The Bertz CT molecular complexity index is 404. The van der Waals surface area contributed by atoms with E-state index in [-0.39, 0.29) is 17.4 Å². The van der Waals surface area contributed by atoms with Crippen LogP contribution in [0.3, 0.4) is 0 Å². The van der Waals surface area contributed by atoms with E-state index in [9.17, 15) is 9.18 Å². The molecule has 1 atom stereocenters. The van der Waals surface area contributed by atoms with Gasteiger partial charge in [0.2, 0.25) is 0 Å². The van der Waals surface area contributed by atoms with Gasteiger partial charge in [-0.05, 0) is 37.5 Å². The minimum Gasteiger partial charge on any atom is -0.459 e. The summed E-state index contributed by atoms with van der Waals surface area (Å²) in [6.45, 7) is 5.92. The maximum absolute atomic E-state index is 13.2. The van der Waals surface area contributed by atoms with E-state index >= 15 is 0 Å². The number of carbonyl (C=O) groups excluding carboxylic acids is 1. The summed E-state index contributed by atoms with van der Waals surface area (Å²) in [6.07, 6.45) is 0.603. The van der Waals surface area contributed by atoms with E-state index in [2.05, 4.69) is 0 Å². The summed E-state index contributed by atoms with van der Waals surface area (Å²) in [5.41, 5.74) is 5.54. The summed E-state index contributed by atoms with van der Waals surface area (Å²) in [5.74, 6) is -0.672. The van der Waals surface area contributed by atoms with E-state index in [0.29, 0.717) is 5.92 Å². The number of rotatable bonds is 4. The van der Waals surface area contributed by atoms with Crippen molar-refractivity contribution < 1.29 is 13.9 Å². The minimum atomic E-state index is -0.601.